The number of nitrogens with one attached hydrogen (secondary N) is 1. The Morgan fingerprint density at radius 2 is 2.07 bits per heavy atom. The molecule has 0 spiro atoms. The van der Waals surface area contributed by atoms with Crippen LogP contribution in [0, 0.1) is 11.8 Å². The maximum atomic E-state index is 11.8. The van der Waals surface area contributed by atoms with E-state index in [1.807, 2.05) is 19.2 Å². The predicted molar refractivity (Wildman–Crippen MR) is 45.5 cm³/mol. The monoisotopic (exact) mass is 209 g/mol. The fraction of sp³-hybridized carbons (Fsp3) is 0.889. The molecule has 0 aliphatic heterocycles. The zero-order valence-corrected chi connectivity index (χ0v) is 8.19. The largest absolute Gasteiger partial charge is 0.471 e. The highest BCUT2D eigenvalue weighted by Gasteiger charge is 2.45. The molecule has 2 atom stereocenters. The summed E-state index contributed by atoms with van der Waals surface area (Å²) in [6, 6.07) is -0.258. The second kappa shape index (κ2) is 3.79. The van der Waals surface area contributed by atoms with E-state index in [4.69, 9.17) is 0 Å². The molecule has 0 aromatic carbocycles. The molecule has 1 saturated carbocycles. The Labute approximate surface area is 80.9 Å². The van der Waals surface area contributed by atoms with Gasteiger partial charge in [-0.05, 0) is 24.7 Å². The Kier molecular flexibility index (Phi) is 3.07. The molecule has 0 radical (unpaired) electrons. The van der Waals surface area contributed by atoms with Gasteiger partial charge in [0.2, 0.25) is 0 Å². The second-order valence-corrected chi connectivity index (χ2v) is 4.20. The molecule has 1 fully saturated rings. The highest BCUT2D eigenvalue weighted by atomic mass is 19.4. The lowest BCUT2D eigenvalue weighted by Gasteiger charge is -2.08. The lowest BCUT2D eigenvalue weighted by atomic mass is 10.1. The zero-order chi connectivity index (χ0) is 10.9. The van der Waals surface area contributed by atoms with Crippen molar-refractivity contribution in [3.05, 3.63) is 0 Å². The Morgan fingerprint density at radius 1 is 1.50 bits per heavy atom. The van der Waals surface area contributed by atoms with Crippen molar-refractivity contribution in [3.63, 3.8) is 0 Å². The van der Waals surface area contributed by atoms with Gasteiger partial charge < -0.3 is 5.32 Å². The molecule has 14 heavy (non-hydrogen) atoms. The minimum absolute atomic E-state index is 0.237. The van der Waals surface area contributed by atoms with E-state index in [2.05, 4.69) is 0 Å². The minimum atomic E-state index is -4.75. The fourth-order valence-electron chi connectivity index (χ4n) is 1.54. The lowest BCUT2D eigenvalue weighted by molar-refractivity contribution is -0.173. The number of rotatable bonds is 3. The summed E-state index contributed by atoms with van der Waals surface area (Å²) in [5.74, 6) is -1.11. The van der Waals surface area contributed by atoms with Crippen LogP contribution in [0.4, 0.5) is 13.2 Å². The fourth-order valence-corrected chi connectivity index (χ4v) is 1.54. The van der Waals surface area contributed by atoms with E-state index >= 15 is 0 Å². The Bertz CT molecular complexity index is 225. The predicted octanol–water partition coefficient (Wildman–Crippen LogP) is 2.10. The molecule has 1 aliphatic rings. The van der Waals surface area contributed by atoms with E-state index in [0.717, 1.165) is 6.42 Å². The van der Waals surface area contributed by atoms with Gasteiger partial charge in [-0.1, -0.05) is 13.8 Å². The van der Waals surface area contributed by atoms with Crippen molar-refractivity contribution in [3.8, 4) is 0 Å². The van der Waals surface area contributed by atoms with Crippen molar-refractivity contribution in [2.75, 3.05) is 0 Å². The van der Waals surface area contributed by atoms with Gasteiger partial charge in [0.25, 0.3) is 0 Å². The number of carbonyl (C=O) groups is 1. The maximum Gasteiger partial charge on any atom is 0.471 e. The first-order valence-electron chi connectivity index (χ1n) is 4.68. The van der Waals surface area contributed by atoms with Gasteiger partial charge in [0, 0.05) is 6.04 Å². The van der Waals surface area contributed by atoms with Gasteiger partial charge >= 0.3 is 12.1 Å². The standard InChI is InChI=1S/C9H14F3NO/c1-5(2)3-6-4-7(6)13-8(14)9(10,11)12/h5-7H,3-4H2,1-2H3,(H,13,14). The average Bonchev–Trinajstić information content (AvgIpc) is 2.64. The van der Waals surface area contributed by atoms with E-state index in [9.17, 15) is 18.0 Å². The lowest BCUT2D eigenvalue weighted by Crippen LogP contribution is -2.38. The van der Waals surface area contributed by atoms with Crippen molar-refractivity contribution in [1.29, 1.82) is 0 Å². The molecule has 0 saturated heterocycles. The number of amides is 1. The van der Waals surface area contributed by atoms with E-state index in [1.54, 1.807) is 0 Å². The van der Waals surface area contributed by atoms with E-state index in [1.165, 1.54) is 0 Å². The molecule has 0 aromatic rings. The van der Waals surface area contributed by atoms with Gasteiger partial charge in [0.1, 0.15) is 0 Å². The quantitative estimate of drug-likeness (QED) is 0.757. The summed E-state index contributed by atoms with van der Waals surface area (Å²) in [5, 5.41) is 1.99. The molecule has 2 nitrogen and oxygen atoms in total. The van der Waals surface area contributed by atoms with E-state index < -0.39 is 12.1 Å². The van der Waals surface area contributed by atoms with Crippen LogP contribution in [-0.2, 0) is 4.79 Å². The first-order valence-corrected chi connectivity index (χ1v) is 4.68. The smallest absolute Gasteiger partial charge is 0.345 e. The van der Waals surface area contributed by atoms with Gasteiger partial charge in [-0.25, -0.2) is 0 Å². The molecular formula is C9H14F3NO. The third-order valence-electron chi connectivity index (χ3n) is 2.27. The Hall–Kier alpha value is -0.740. The minimum Gasteiger partial charge on any atom is -0.345 e. The van der Waals surface area contributed by atoms with Crippen LogP contribution in [0.5, 0.6) is 0 Å². The van der Waals surface area contributed by atoms with Crippen molar-refractivity contribution in [1.82, 2.24) is 5.32 Å². The summed E-state index contributed by atoms with van der Waals surface area (Å²) in [4.78, 5) is 10.5. The van der Waals surface area contributed by atoms with Gasteiger partial charge in [0.15, 0.2) is 0 Å². The summed E-state index contributed by atoms with van der Waals surface area (Å²) in [7, 11) is 0. The van der Waals surface area contributed by atoms with Crippen molar-refractivity contribution >= 4 is 5.91 Å². The Morgan fingerprint density at radius 3 is 2.50 bits per heavy atom. The molecular weight excluding hydrogens is 195 g/mol. The van der Waals surface area contributed by atoms with Crippen LogP contribution in [0.3, 0.4) is 0 Å². The third-order valence-corrected chi connectivity index (χ3v) is 2.27. The van der Waals surface area contributed by atoms with E-state index in [0.29, 0.717) is 12.3 Å². The van der Waals surface area contributed by atoms with Crippen LogP contribution < -0.4 is 5.32 Å². The summed E-state index contributed by atoms with van der Waals surface area (Å²) >= 11 is 0. The SMILES string of the molecule is CC(C)CC1CC1NC(=O)C(F)(F)F. The number of hydrogen-bond donors (Lipinski definition) is 1. The highest BCUT2D eigenvalue weighted by molar-refractivity contribution is 5.82. The highest BCUT2D eigenvalue weighted by Crippen LogP contribution is 2.36. The molecule has 1 N–H and O–H groups in total. The van der Waals surface area contributed by atoms with E-state index in [-0.39, 0.29) is 12.0 Å². The van der Waals surface area contributed by atoms with Crippen molar-refractivity contribution in [2.24, 2.45) is 11.8 Å². The molecule has 5 heteroatoms. The number of hydrogen-bond acceptors (Lipinski definition) is 1. The molecule has 0 aromatic heterocycles. The zero-order valence-electron chi connectivity index (χ0n) is 8.19. The normalized spacial score (nSPS) is 26.4. The van der Waals surface area contributed by atoms with Gasteiger partial charge in [0.05, 0.1) is 0 Å². The van der Waals surface area contributed by atoms with Crippen LogP contribution >= 0.6 is 0 Å². The van der Waals surface area contributed by atoms with Crippen LogP contribution in [-0.4, -0.2) is 18.1 Å². The summed E-state index contributed by atoms with van der Waals surface area (Å²) < 4.78 is 35.4. The van der Waals surface area contributed by atoms with Crippen LogP contribution in [0.15, 0.2) is 0 Å². The average molecular weight is 209 g/mol. The molecule has 2 unspecified atom stereocenters. The summed E-state index contributed by atoms with van der Waals surface area (Å²) in [6.45, 7) is 4.03. The third kappa shape index (κ3) is 3.20. The summed E-state index contributed by atoms with van der Waals surface area (Å²) in [5.41, 5.74) is 0. The van der Waals surface area contributed by atoms with Gasteiger partial charge in [-0.3, -0.25) is 4.79 Å². The van der Waals surface area contributed by atoms with Crippen LogP contribution in [0.1, 0.15) is 26.7 Å². The van der Waals surface area contributed by atoms with Crippen molar-refractivity contribution < 1.29 is 18.0 Å². The topological polar surface area (TPSA) is 29.1 Å². The Balaban J connectivity index is 2.26. The number of halogens is 3. The summed E-state index contributed by atoms with van der Waals surface area (Å²) in [6.07, 6.45) is -3.19. The van der Waals surface area contributed by atoms with Gasteiger partial charge in [-0.2, -0.15) is 13.2 Å². The molecule has 1 amide bonds. The second-order valence-electron chi connectivity index (χ2n) is 4.20. The number of alkyl halides is 3. The van der Waals surface area contributed by atoms with Gasteiger partial charge in [-0.15, -0.1) is 0 Å². The number of carbonyl (C=O) groups excluding carboxylic acids is 1. The van der Waals surface area contributed by atoms with Crippen LogP contribution in [0.2, 0.25) is 0 Å². The molecule has 1 rings (SSSR count). The molecule has 0 bridgehead atoms. The first-order chi connectivity index (χ1) is 6.30. The first kappa shape index (κ1) is 11.3. The molecule has 82 valence electrons. The molecule has 0 heterocycles. The van der Waals surface area contributed by atoms with Crippen molar-refractivity contribution in [2.45, 2.75) is 38.9 Å². The maximum absolute atomic E-state index is 11.8. The molecule has 1 aliphatic carbocycles. The van der Waals surface area contributed by atoms with Crippen LogP contribution in [0.25, 0.3) is 0 Å².